The van der Waals surface area contributed by atoms with Crippen molar-refractivity contribution in [2.45, 2.75) is 13.8 Å². The quantitative estimate of drug-likeness (QED) is 0.650. The molecule has 0 aliphatic heterocycles. The predicted molar refractivity (Wildman–Crippen MR) is 47.7 cm³/mol. The molecule has 0 aromatic heterocycles. The van der Waals surface area contributed by atoms with Crippen molar-refractivity contribution >= 4 is 6.03 Å². The molecule has 2 amide bonds. The van der Waals surface area contributed by atoms with Gasteiger partial charge in [-0.3, -0.25) is 0 Å². The number of nitrogens with zero attached hydrogens (tertiary/aromatic N) is 1. The number of nitrogens with one attached hydrogen (secondary N) is 1. The average Bonchev–Trinajstić information content (AvgIpc) is 2.07. The number of carbonyl (C=O) groups excluding carboxylic acids is 1. The summed E-state index contributed by atoms with van der Waals surface area (Å²) in [6.07, 6.45) is 2.92. The maximum atomic E-state index is 11.2. The van der Waals surface area contributed by atoms with Gasteiger partial charge in [0.25, 0.3) is 0 Å². The summed E-state index contributed by atoms with van der Waals surface area (Å²) < 4.78 is 0. The van der Waals surface area contributed by atoms with Gasteiger partial charge in [-0.15, -0.1) is 0 Å². The molecule has 0 radical (unpaired) electrons. The van der Waals surface area contributed by atoms with Crippen LogP contribution in [0.1, 0.15) is 13.8 Å². The number of amides is 2. The third kappa shape index (κ3) is 3.98. The molecule has 12 heavy (non-hydrogen) atoms. The van der Waals surface area contributed by atoms with Gasteiger partial charge >= 0.3 is 6.03 Å². The van der Waals surface area contributed by atoms with Crippen LogP contribution >= 0.6 is 0 Å². The highest BCUT2D eigenvalue weighted by Crippen LogP contribution is 1.87. The van der Waals surface area contributed by atoms with E-state index in [1.54, 1.807) is 4.90 Å². The fourth-order valence-corrected chi connectivity index (χ4v) is 0.785. The number of hydrogen-bond acceptors (Lipinski definition) is 2. The van der Waals surface area contributed by atoms with Crippen LogP contribution in [0.3, 0.4) is 0 Å². The van der Waals surface area contributed by atoms with Crippen molar-refractivity contribution < 1.29 is 9.90 Å². The Morgan fingerprint density at radius 2 is 2.08 bits per heavy atom. The van der Waals surface area contributed by atoms with Crippen LogP contribution in [0.15, 0.2) is 12.3 Å². The minimum absolute atomic E-state index is 0.0570. The Balaban J connectivity index is 3.76. The number of rotatable bonds is 4. The highest BCUT2D eigenvalue weighted by atomic mass is 16.2. The smallest absolute Gasteiger partial charge is 0.321 e. The Labute approximate surface area is 72.9 Å². The number of urea groups is 1. The van der Waals surface area contributed by atoms with E-state index in [9.17, 15) is 4.79 Å². The topological polar surface area (TPSA) is 52.6 Å². The first-order valence-corrected chi connectivity index (χ1v) is 4.07. The molecule has 0 rings (SSSR count). The zero-order valence-electron chi connectivity index (χ0n) is 7.58. The maximum Gasteiger partial charge on any atom is 0.321 e. The van der Waals surface area contributed by atoms with E-state index in [0.29, 0.717) is 13.1 Å². The Kier molecular flexibility index (Phi) is 6.09. The molecule has 4 nitrogen and oxygen atoms in total. The normalized spacial score (nSPS) is 10.2. The fourth-order valence-electron chi connectivity index (χ4n) is 0.785. The number of aliphatic hydroxyl groups excluding tert-OH is 1. The van der Waals surface area contributed by atoms with E-state index in [1.165, 1.54) is 12.3 Å². The summed E-state index contributed by atoms with van der Waals surface area (Å²) in [5, 5.41) is 10.9. The fraction of sp³-hybridized carbons (Fsp3) is 0.625. The molecule has 0 saturated carbocycles. The van der Waals surface area contributed by atoms with Crippen molar-refractivity contribution in [1.29, 1.82) is 0 Å². The van der Waals surface area contributed by atoms with Gasteiger partial charge in [-0.2, -0.15) is 0 Å². The van der Waals surface area contributed by atoms with Crippen LogP contribution in [0.5, 0.6) is 0 Å². The highest BCUT2D eigenvalue weighted by Gasteiger charge is 2.05. The van der Waals surface area contributed by atoms with Crippen LogP contribution in [0.2, 0.25) is 0 Å². The predicted octanol–water partition coefficient (Wildman–Crippen LogP) is 0.544. The van der Waals surface area contributed by atoms with Gasteiger partial charge in [0, 0.05) is 19.3 Å². The summed E-state index contributed by atoms with van der Waals surface area (Å²) in [5.41, 5.74) is 0. The molecule has 0 aliphatic rings. The minimum atomic E-state index is -0.135. The van der Waals surface area contributed by atoms with Gasteiger partial charge in [-0.25, -0.2) is 4.79 Å². The van der Waals surface area contributed by atoms with Gasteiger partial charge in [0.2, 0.25) is 0 Å². The Morgan fingerprint density at radius 1 is 1.50 bits per heavy atom. The summed E-state index contributed by atoms with van der Waals surface area (Å²) in [4.78, 5) is 12.8. The summed E-state index contributed by atoms with van der Waals surface area (Å²) in [5.74, 6) is 0. The van der Waals surface area contributed by atoms with Crippen LogP contribution in [0.25, 0.3) is 0 Å². The van der Waals surface area contributed by atoms with Crippen molar-refractivity contribution in [3.8, 4) is 0 Å². The second kappa shape index (κ2) is 6.67. The van der Waals surface area contributed by atoms with Crippen LogP contribution in [0.4, 0.5) is 4.79 Å². The van der Waals surface area contributed by atoms with E-state index in [4.69, 9.17) is 5.11 Å². The number of carbonyl (C=O) groups is 1. The van der Waals surface area contributed by atoms with E-state index in [0.717, 1.165) is 0 Å². The first-order chi connectivity index (χ1) is 5.76. The zero-order valence-corrected chi connectivity index (χ0v) is 7.58. The summed E-state index contributed by atoms with van der Waals surface area (Å²) in [6, 6.07) is -0.135. The van der Waals surface area contributed by atoms with Crippen LogP contribution in [-0.4, -0.2) is 35.7 Å². The molecule has 0 spiro atoms. The molecule has 0 aromatic rings. The van der Waals surface area contributed by atoms with Gasteiger partial charge in [0.05, 0.1) is 6.61 Å². The zero-order chi connectivity index (χ0) is 9.40. The van der Waals surface area contributed by atoms with E-state index in [-0.39, 0.29) is 12.6 Å². The van der Waals surface area contributed by atoms with Crippen molar-refractivity contribution in [2.75, 3.05) is 19.7 Å². The molecular weight excluding hydrogens is 156 g/mol. The molecular formula is C8H16N2O2. The Morgan fingerprint density at radius 3 is 2.50 bits per heavy atom. The summed E-state index contributed by atoms with van der Waals surface area (Å²) in [7, 11) is 0. The first kappa shape index (κ1) is 11.0. The van der Waals surface area contributed by atoms with E-state index in [1.807, 2.05) is 13.8 Å². The number of hydrogen-bond donors (Lipinski definition) is 2. The van der Waals surface area contributed by atoms with Gasteiger partial charge in [0.1, 0.15) is 0 Å². The second-order valence-electron chi connectivity index (χ2n) is 2.21. The van der Waals surface area contributed by atoms with Crippen molar-refractivity contribution in [1.82, 2.24) is 10.2 Å². The lowest BCUT2D eigenvalue weighted by atomic mass is 10.5. The average molecular weight is 172 g/mol. The van der Waals surface area contributed by atoms with Crippen molar-refractivity contribution in [3.05, 3.63) is 12.3 Å². The third-order valence-electron chi connectivity index (χ3n) is 1.48. The minimum Gasteiger partial charge on any atom is -0.392 e. The molecule has 0 aliphatic carbocycles. The largest absolute Gasteiger partial charge is 0.392 e. The van der Waals surface area contributed by atoms with Gasteiger partial charge < -0.3 is 15.3 Å². The van der Waals surface area contributed by atoms with Gasteiger partial charge in [-0.1, -0.05) is 0 Å². The van der Waals surface area contributed by atoms with Crippen molar-refractivity contribution in [2.24, 2.45) is 0 Å². The Hall–Kier alpha value is -1.03. The maximum absolute atomic E-state index is 11.2. The third-order valence-corrected chi connectivity index (χ3v) is 1.48. The SMILES string of the molecule is CCN(CC)C(=O)NC=CCO. The molecule has 0 aromatic carbocycles. The van der Waals surface area contributed by atoms with Crippen LogP contribution < -0.4 is 5.32 Å². The van der Waals surface area contributed by atoms with Gasteiger partial charge in [0.15, 0.2) is 0 Å². The van der Waals surface area contributed by atoms with E-state index in [2.05, 4.69) is 5.32 Å². The van der Waals surface area contributed by atoms with Crippen LogP contribution in [-0.2, 0) is 0 Å². The summed E-state index contributed by atoms with van der Waals surface area (Å²) >= 11 is 0. The molecule has 4 heteroatoms. The Bertz CT molecular complexity index is 153. The monoisotopic (exact) mass is 172 g/mol. The molecule has 0 heterocycles. The molecule has 0 atom stereocenters. The van der Waals surface area contributed by atoms with Crippen LogP contribution in [0, 0.1) is 0 Å². The van der Waals surface area contributed by atoms with E-state index < -0.39 is 0 Å². The molecule has 0 saturated heterocycles. The molecule has 2 N–H and O–H groups in total. The molecule has 0 fully saturated rings. The highest BCUT2D eigenvalue weighted by molar-refractivity contribution is 5.75. The lowest BCUT2D eigenvalue weighted by Gasteiger charge is -2.17. The first-order valence-electron chi connectivity index (χ1n) is 4.07. The number of aliphatic hydroxyl groups is 1. The standard InChI is InChI=1S/C8H16N2O2/c1-3-10(4-2)8(12)9-6-5-7-11/h5-6,11H,3-4,7H2,1-2H3,(H,9,12). The van der Waals surface area contributed by atoms with Crippen molar-refractivity contribution in [3.63, 3.8) is 0 Å². The lowest BCUT2D eigenvalue weighted by molar-refractivity contribution is 0.207. The van der Waals surface area contributed by atoms with E-state index >= 15 is 0 Å². The molecule has 70 valence electrons. The summed E-state index contributed by atoms with van der Waals surface area (Å²) in [6.45, 7) is 5.15. The molecule has 0 unspecified atom stereocenters. The molecule has 0 bridgehead atoms. The van der Waals surface area contributed by atoms with Gasteiger partial charge in [-0.05, 0) is 19.9 Å². The lowest BCUT2D eigenvalue weighted by Crippen LogP contribution is -2.37. The second-order valence-corrected chi connectivity index (χ2v) is 2.21.